The van der Waals surface area contributed by atoms with E-state index in [2.05, 4.69) is 15.5 Å². The molecule has 3 rings (SSSR count). The molecule has 0 amide bonds. The highest BCUT2D eigenvalue weighted by molar-refractivity contribution is 8.01. The summed E-state index contributed by atoms with van der Waals surface area (Å²) < 4.78 is 7.86. The second-order valence-corrected chi connectivity index (χ2v) is 7.11. The Morgan fingerprint density at radius 2 is 2.12 bits per heavy atom. The molecule has 3 aromatic rings. The number of para-hydroxylation sites is 2. The molecule has 0 aliphatic heterocycles. The lowest BCUT2D eigenvalue weighted by atomic mass is 10.3. The number of hydrogen-bond donors (Lipinski definition) is 1. The maximum absolute atomic E-state index is 12.2. The van der Waals surface area contributed by atoms with Crippen LogP contribution in [0, 0.1) is 0 Å². The number of rotatable bonds is 7. The van der Waals surface area contributed by atoms with Crippen molar-refractivity contribution >= 4 is 39.7 Å². The Morgan fingerprint density at radius 1 is 1.29 bits per heavy atom. The van der Waals surface area contributed by atoms with Gasteiger partial charge in [-0.2, -0.15) is 0 Å². The Balaban J connectivity index is 1.61. The van der Waals surface area contributed by atoms with Gasteiger partial charge >= 0.3 is 0 Å². The van der Waals surface area contributed by atoms with Crippen molar-refractivity contribution in [3.05, 3.63) is 48.3 Å². The molecule has 0 atom stereocenters. The average Bonchev–Trinajstić information content (AvgIpc) is 3.22. The summed E-state index contributed by atoms with van der Waals surface area (Å²) in [5.74, 6) is 1.14. The first-order valence-electron chi connectivity index (χ1n) is 7.18. The van der Waals surface area contributed by atoms with Gasteiger partial charge in [0.15, 0.2) is 10.1 Å². The van der Waals surface area contributed by atoms with E-state index in [1.165, 1.54) is 23.1 Å². The van der Waals surface area contributed by atoms with Gasteiger partial charge < -0.3 is 14.6 Å². The molecule has 1 aromatic carbocycles. The number of aromatic nitrogens is 3. The molecule has 6 nitrogen and oxygen atoms in total. The summed E-state index contributed by atoms with van der Waals surface area (Å²) in [5, 5.41) is 12.1. The molecule has 0 bridgehead atoms. The van der Waals surface area contributed by atoms with E-state index in [9.17, 15) is 4.79 Å². The highest BCUT2D eigenvalue weighted by Crippen LogP contribution is 2.31. The molecule has 124 valence electrons. The fourth-order valence-corrected chi connectivity index (χ4v) is 3.77. The first kappa shape index (κ1) is 16.5. The summed E-state index contributed by atoms with van der Waals surface area (Å²) in [6.07, 6.45) is 1.86. The van der Waals surface area contributed by atoms with Gasteiger partial charge in [0.25, 0.3) is 0 Å². The first-order chi connectivity index (χ1) is 11.7. The minimum Gasteiger partial charge on any atom is -0.495 e. The monoisotopic (exact) mass is 360 g/mol. The molecule has 0 saturated carbocycles. The van der Waals surface area contributed by atoms with Crippen molar-refractivity contribution in [3.8, 4) is 5.75 Å². The van der Waals surface area contributed by atoms with Gasteiger partial charge in [0, 0.05) is 13.2 Å². The number of methoxy groups -OCH3 is 1. The summed E-state index contributed by atoms with van der Waals surface area (Å²) in [4.78, 5) is 12.2. The van der Waals surface area contributed by atoms with E-state index < -0.39 is 0 Å². The molecular weight excluding hydrogens is 344 g/mol. The molecule has 0 aliphatic carbocycles. The number of carbonyl (C=O) groups excluding carboxylic acids is 1. The number of Topliss-reactive ketones (excluding diaryl/α,β-unsaturated/α-hetero) is 1. The van der Waals surface area contributed by atoms with Gasteiger partial charge in [-0.3, -0.25) is 4.79 Å². The van der Waals surface area contributed by atoms with Crippen molar-refractivity contribution in [1.82, 2.24) is 14.8 Å². The topological polar surface area (TPSA) is 69.0 Å². The van der Waals surface area contributed by atoms with Crippen molar-refractivity contribution in [2.24, 2.45) is 7.05 Å². The fraction of sp³-hybridized carbons (Fsp3) is 0.188. The van der Waals surface area contributed by atoms with Gasteiger partial charge in [0.1, 0.15) is 5.75 Å². The number of nitrogens with zero attached hydrogens (tertiary/aromatic N) is 3. The Hall–Kier alpha value is -2.32. The van der Waals surface area contributed by atoms with E-state index in [-0.39, 0.29) is 5.78 Å². The number of carbonyl (C=O) groups is 1. The minimum absolute atomic E-state index is 0.0712. The molecule has 8 heteroatoms. The van der Waals surface area contributed by atoms with Crippen LogP contribution in [-0.4, -0.2) is 33.4 Å². The number of ether oxygens (including phenoxy) is 1. The van der Waals surface area contributed by atoms with Gasteiger partial charge in [0.05, 0.1) is 24.2 Å². The van der Waals surface area contributed by atoms with Crippen LogP contribution in [0.15, 0.2) is 46.9 Å². The third-order valence-corrected chi connectivity index (χ3v) is 5.28. The SMILES string of the molecule is COc1ccccc1Nc1nnc(SCC(=O)c2cccn2C)s1. The molecular formula is C16H16N4O2S2. The van der Waals surface area contributed by atoms with Crippen molar-refractivity contribution in [2.45, 2.75) is 4.34 Å². The lowest BCUT2D eigenvalue weighted by Gasteiger charge is -2.07. The molecule has 0 radical (unpaired) electrons. The van der Waals surface area contributed by atoms with Crippen LogP contribution in [-0.2, 0) is 7.05 Å². The van der Waals surface area contributed by atoms with Gasteiger partial charge in [0.2, 0.25) is 5.13 Å². The standard InChI is InChI=1S/C16H16N4O2S2/c1-20-9-5-7-12(20)13(21)10-23-16-19-18-15(24-16)17-11-6-3-4-8-14(11)22-2/h3-9H,10H2,1-2H3,(H,17,18). The zero-order valence-electron chi connectivity index (χ0n) is 13.2. The zero-order valence-corrected chi connectivity index (χ0v) is 14.9. The summed E-state index contributed by atoms with van der Waals surface area (Å²) in [5.41, 5.74) is 1.52. The number of ketones is 1. The van der Waals surface area contributed by atoms with E-state index in [1.807, 2.05) is 54.2 Å². The molecule has 0 unspecified atom stereocenters. The van der Waals surface area contributed by atoms with Crippen LogP contribution in [0.2, 0.25) is 0 Å². The number of anilines is 2. The van der Waals surface area contributed by atoms with Crippen LogP contribution in [0.3, 0.4) is 0 Å². The molecule has 1 N–H and O–H groups in total. The lowest BCUT2D eigenvalue weighted by molar-refractivity contribution is 0.101. The Bertz CT molecular complexity index is 844. The Morgan fingerprint density at radius 3 is 2.88 bits per heavy atom. The van der Waals surface area contributed by atoms with Crippen LogP contribution in [0.25, 0.3) is 0 Å². The highest BCUT2D eigenvalue weighted by atomic mass is 32.2. The van der Waals surface area contributed by atoms with Crippen molar-refractivity contribution in [3.63, 3.8) is 0 Å². The number of nitrogens with one attached hydrogen (secondary N) is 1. The van der Waals surface area contributed by atoms with Gasteiger partial charge in [-0.1, -0.05) is 35.2 Å². The third kappa shape index (κ3) is 3.77. The van der Waals surface area contributed by atoms with Gasteiger partial charge in [-0.15, -0.1) is 10.2 Å². The second kappa shape index (κ2) is 7.50. The van der Waals surface area contributed by atoms with E-state index in [4.69, 9.17) is 4.74 Å². The third-order valence-electron chi connectivity index (χ3n) is 3.31. The number of aryl methyl sites for hydroxylation is 1. The Kier molecular flexibility index (Phi) is 5.17. The van der Waals surface area contributed by atoms with Crippen molar-refractivity contribution < 1.29 is 9.53 Å². The maximum Gasteiger partial charge on any atom is 0.210 e. The van der Waals surface area contributed by atoms with Crippen molar-refractivity contribution in [2.75, 3.05) is 18.2 Å². The summed E-state index contributed by atoms with van der Waals surface area (Å²) in [6, 6.07) is 11.3. The molecule has 2 aromatic heterocycles. The highest BCUT2D eigenvalue weighted by Gasteiger charge is 2.12. The van der Waals surface area contributed by atoms with Gasteiger partial charge in [-0.25, -0.2) is 0 Å². The molecule has 0 fully saturated rings. The van der Waals surface area contributed by atoms with Crippen molar-refractivity contribution in [1.29, 1.82) is 0 Å². The smallest absolute Gasteiger partial charge is 0.210 e. The summed E-state index contributed by atoms with van der Waals surface area (Å²) in [6.45, 7) is 0. The second-order valence-electron chi connectivity index (χ2n) is 4.91. The van der Waals surface area contributed by atoms with E-state index in [1.54, 1.807) is 7.11 Å². The maximum atomic E-state index is 12.2. The normalized spacial score (nSPS) is 10.6. The van der Waals surface area contributed by atoms with Crippen LogP contribution in [0.4, 0.5) is 10.8 Å². The van der Waals surface area contributed by atoms with E-state index >= 15 is 0 Å². The van der Waals surface area contributed by atoms with Crippen LogP contribution < -0.4 is 10.1 Å². The first-order valence-corrected chi connectivity index (χ1v) is 8.98. The molecule has 0 aliphatic rings. The summed E-state index contributed by atoms with van der Waals surface area (Å²) >= 11 is 2.79. The molecule has 0 spiro atoms. The van der Waals surface area contributed by atoms with E-state index in [0.29, 0.717) is 16.6 Å². The van der Waals surface area contributed by atoms with Gasteiger partial charge in [-0.05, 0) is 24.3 Å². The van der Waals surface area contributed by atoms with E-state index in [0.717, 1.165) is 15.8 Å². The largest absolute Gasteiger partial charge is 0.495 e. The summed E-state index contributed by atoms with van der Waals surface area (Å²) in [7, 11) is 3.48. The molecule has 2 heterocycles. The average molecular weight is 360 g/mol. The predicted molar refractivity (Wildman–Crippen MR) is 96.7 cm³/mol. The van der Waals surface area contributed by atoms with Crippen LogP contribution >= 0.6 is 23.1 Å². The zero-order chi connectivity index (χ0) is 16.9. The number of thioether (sulfide) groups is 1. The molecule has 24 heavy (non-hydrogen) atoms. The predicted octanol–water partition coefficient (Wildman–Crippen LogP) is 3.60. The fourth-order valence-electron chi connectivity index (χ4n) is 2.13. The Labute approximate surface area is 147 Å². The van der Waals surface area contributed by atoms with Crippen LogP contribution in [0.1, 0.15) is 10.5 Å². The number of benzene rings is 1. The lowest BCUT2D eigenvalue weighted by Crippen LogP contribution is -2.07. The molecule has 0 saturated heterocycles. The minimum atomic E-state index is 0.0712. The van der Waals surface area contributed by atoms with Crippen LogP contribution in [0.5, 0.6) is 5.75 Å². The quantitative estimate of drug-likeness (QED) is 0.513. The number of hydrogen-bond acceptors (Lipinski definition) is 7.